The van der Waals surface area contributed by atoms with Crippen LogP contribution in [0.15, 0.2) is 0 Å². The number of rotatable bonds is 0. The van der Waals surface area contributed by atoms with Crippen LogP contribution < -0.4 is 0 Å². The van der Waals surface area contributed by atoms with Crippen LogP contribution in [0.2, 0.25) is 0 Å². The van der Waals surface area contributed by atoms with Gasteiger partial charge in [0.1, 0.15) is 5.78 Å². The zero-order valence-corrected chi connectivity index (χ0v) is 21.8. The van der Waals surface area contributed by atoms with Gasteiger partial charge in [-0.3, -0.25) is 4.79 Å². The molecule has 31 heavy (non-hydrogen) atoms. The standard InChI is InChI=1S/C30H50O/c1-26(2)15-8-16-29(6)21-10-12-24-28(5,19-20(21)9-11-22(26)29)17-13-23-27(3,4)25(31)14-18-30(23,24)7/h20-24H,8-19H2,1-7H3. The van der Waals surface area contributed by atoms with Crippen LogP contribution >= 0.6 is 0 Å². The first-order valence-corrected chi connectivity index (χ1v) is 13.9. The van der Waals surface area contributed by atoms with Crippen LogP contribution in [0.25, 0.3) is 0 Å². The second-order valence-electron chi connectivity index (χ2n) is 15.1. The van der Waals surface area contributed by atoms with Crippen LogP contribution in [-0.4, -0.2) is 5.78 Å². The summed E-state index contributed by atoms with van der Waals surface area (Å²) in [6, 6.07) is 0. The molecular weight excluding hydrogens is 376 g/mol. The molecule has 5 aliphatic carbocycles. The summed E-state index contributed by atoms with van der Waals surface area (Å²) >= 11 is 0. The Hall–Kier alpha value is -0.330. The highest BCUT2D eigenvalue weighted by atomic mass is 16.1. The van der Waals surface area contributed by atoms with Gasteiger partial charge in [0.2, 0.25) is 0 Å². The molecule has 5 saturated carbocycles. The highest BCUT2D eigenvalue weighted by molar-refractivity contribution is 5.85. The molecule has 0 aromatic rings. The summed E-state index contributed by atoms with van der Waals surface area (Å²) < 4.78 is 0. The Kier molecular flexibility index (Phi) is 4.96. The van der Waals surface area contributed by atoms with Crippen molar-refractivity contribution in [3.63, 3.8) is 0 Å². The summed E-state index contributed by atoms with van der Waals surface area (Å²) in [6.45, 7) is 17.8. The van der Waals surface area contributed by atoms with E-state index in [1.807, 2.05) is 0 Å². The van der Waals surface area contributed by atoms with E-state index in [1.54, 1.807) is 0 Å². The Bertz CT molecular complexity index is 748. The maximum atomic E-state index is 12.9. The van der Waals surface area contributed by atoms with Gasteiger partial charge >= 0.3 is 0 Å². The number of ketones is 1. The smallest absolute Gasteiger partial charge is 0.138 e. The molecule has 0 radical (unpaired) electrons. The second kappa shape index (κ2) is 6.85. The first-order valence-electron chi connectivity index (χ1n) is 13.9. The lowest BCUT2D eigenvalue weighted by Crippen LogP contribution is -2.57. The molecule has 0 bridgehead atoms. The highest BCUT2D eigenvalue weighted by Crippen LogP contribution is 2.70. The van der Waals surface area contributed by atoms with Gasteiger partial charge in [-0.2, -0.15) is 0 Å². The minimum atomic E-state index is -0.113. The third-order valence-corrected chi connectivity index (χ3v) is 12.9. The van der Waals surface area contributed by atoms with E-state index in [2.05, 4.69) is 48.5 Å². The Morgan fingerprint density at radius 2 is 1.39 bits per heavy atom. The van der Waals surface area contributed by atoms with Gasteiger partial charge in [-0.25, -0.2) is 0 Å². The van der Waals surface area contributed by atoms with E-state index in [9.17, 15) is 4.79 Å². The average Bonchev–Trinajstić information content (AvgIpc) is 2.81. The van der Waals surface area contributed by atoms with Gasteiger partial charge in [0.05, 0.1) is 0 Å². The molecule has 8 unspecified atom stereocenters. The van der Waals surface area contributed by atoms with Gasteiger partial charge < -0.3 is 0 Å². The molecule has 5 rings (SSSR count). The first kappa shape index (κ1) is 22.5. The summed E-state index contributed by atoms with van der Waals surface area (Å²) in [5, 5.41) is 0. The summed E-state index contributed by atoms with van der Waals surface area (Å²) in [7, 11) is 0. The van der Waals surface area contributed by atoms with Crippen LogP contribution in [-0.2, 0) is 4.79 Å². The second-order valence-corrected chi connectivity index (χ2v) is 15.1. The van der Waals surface area contributed by atoms with E-state index in [0.29, 0.717) is 33.4 Å². The molecule has 0 aromatic carbocycles. The topological polar surface area (TPSA) is 17.1 Å². The average molecular weight is 427 g/mol. The SMILES string of the molecule is CC1(C)CCCC2(C)C3CCC4C(C)(CCC5C(C)(C)C(=O)CCC45C)CC3CCC12. The molecule has 1 nitrogen and oxygen atoms in total. The van der Waals surface area contributed by atoms with Crippen molar-refractivity contribution in [2.45, 2.75) is 126 Å². The Labute approximate surface area is 192 Å². The highest BCUT2D eigenvalue weighted by Gasteiger charge is 2.63. The number of carbonyl (C=O) groups is 1. The Morgan fingerprint density at radius 3 is 2.13 bits per heavy atom. The van der Waals surface area contributed by atoms with Gasteiger partial charge in [-0.1, -0.05) is 54.9 Å². The van der Waals surface area contributed by atoms with Crippen LogP contribution in [0.1, 0.15) is 126 Å². The molecule has 5 aliphatic rings. The third-order valence-electron chi connectivity index (χ3n) is 12.9. The van der Waals surface area contributed by atoms with Gasteiger partial charge in [0.25, 0.3) is 0 Å². The van der Waals surface area contributed by atoms with Gasteiger partial charge in [-0.05, 0) is 115 Å². The lowest BCUT2D eigenvalue weighted by Gasteiger charge is -2.62. The van der Waals surface area contributed by atoms with Crippen molar-refractivity contribution in [2.24, 2.45) is 56.7 Å². The molecule has 5 fully saturated rings. The lowest BCUT2D eigenvalue weighted by molar-refractivity contribution is -0.161. The molecule has 0 spiro atoms. The molecule has 8 atom stereocenters. The quantitative estimate of drug-likeness (QED) is 0.379. The maximum absolute atomic E-state index is 12.9. The van der Waals surface area contributed by atoms with E-state index in [-0.39, 0.29) is 5.41 Å². The van der Waals surface area contributed by atoms with E-state index in [4.69, 9.17) is 0 Å². The van der Waals surface area contributed by atoms with Crippen molar-refractivity contribution < 1.29 is 4.79 Å². The van der Waals surface area contributed by atoms with Crippen molar-refractivity contribution in [2.75, 3.05) is 0 Å². The molecule has 0 N–H and O–H groups in total. The van der Waals surface area contributed by atoms with Crippen LogP contribution in [0, 0.1) is 56.7 Å². The van der Waals surface area contributed by atoms with Crippen LogP contribution in [0.5, 0.6) is 0 Å². The monoisotopic (exact) mass is 426 g/mol. The van der Waals surface area contributed by atoms with E-state index < -0.39 is 0 Å². The Balaban J connectivity index is 1.49. The van der Waals surface area contributed by atoms with Crippen molar-refractivity contribution in [3.05, 3.63) is 0 Å². The molecular formula is C30H50O. The lowest BCUT2D eigenvalue weighted by atomic mass is 9.42. The van der Waals surface area contributed by atoms with Crippen LogP contribution in [0.3, 0.4) is 0 Å². The number of hydrogen-bond donors (Lipinski definition) is 0. The summed E-state index contributed by atoms with van der Waals surface area (Å²) in [5.41, 5.74) is 1.85. The molecule has 1 heteroatoms. The normalized spacial score (nSPS) is 53.4. The fourth-order valence-electron chi connectivity index (χ4n) is 11.6. The number of hydrogen-bond acceptors (Lipinski definition) is 1. The van der Waals surface area contributed by atoms with Crippen molar-refractivity contribution in [1.29, 1.82) is 0 Å². The largest absolute Gasteiger partial charge is 0.299 e. The zero-order chi connectivity index (χ0) is 22.4. The van der Waals surface area contributed by atoms with Gasteiger partial charge in [0.15, 0.2) is 0 Å². The van der Waals surface area contributed by atoms with E-state index in [0.717, 1.165) is 36.5 Å². The maximum Gasteiger partial charge on any atom is 0.138 e. The van der Waals surface area contributed by atoms with Crippen molar-refractivity contribution >= 4 is 5.78 Å². The molecule has 0 aliphatic heterocycles. The third kappa shape index (κ3) is 3.02. The Morgan fingerprint density at radius 1 is 0.677 bits per heavy atom. The fourth-order valence-corrected chi connectivity index (χ4v) is 11.6. The van der Waals surface area contributed by atoms with E-state index >= 15 is 0 Å². The predicted octanol–water partition coefficient (Wildman–Crippen LogP) is 8.46. The predicted molar refractivity (Wildman–Crippen MR) is 130 cm³/mol. The number of Topliss-reactive ketones (excluding diaryl/α,β-unsaturated/α-hetero) is 1. The molecule has 0 saturated heterocycles. The van der Waals surface area contributed by atoms with Gasteiger partial charge in [0, 0.05) is 11.8 Å². The minimum Gasteiger partial charge on any atom is -0.299 e. The van der Waals surface area contributed by atoms with Crippen LogP contribution in [0.4, 0.5) is 0 Å². The minimum absolute atomic E-state index is 0.113. The first-order chi connectivity index (χ1) is 14.3. The van der Waals surface area contributed by atoms with Crippen molar-refractivity contribution in [3.8, 4) is 0 Å². The summed E-state index contributed by atoms with van der Waals surface area (Å²) in [6.07, 6.45) is 16.3. The number of carbonyl (C=O) groups excluding carboxylic acids is 1. The zero-order valence-electron chi connectivity index (χ0n) is 21.8. The number of fused-ring (bicyclic) bond motifs is 6. The molecule has 176 valence electrons. The summed E-state index contributed by atoms with van der Waals surface area (Å²) in [5.74, 6) is 4.77. The fraction of sp³-hybridized carbons (Fsp3) is 0.967. The molecule has 0 aromatic heterocycles. The summed E-state index contributed by atoms with van der Waals surface area (Å²) in [4.78, 5) is 12.9. The van der Waals surface area contributed by atoms with E-state index in [1.165, 1.54) is 64.2 Å². The molecule has 0 amide bonds. The van der Waals surface area contributed by atoms with Crippen molar-refractivity contribution in [1.82, 2.24) is 0 Å². The van der Waals surface area contributed by atoms with Gasteiger partial charge in [-0.15, -0.1) is 0 Å². The molecule has 0 heterocycles.